The molecule has 0 aromatic carbocycles. The van der Waals surface area contributed by atoms with E-state index in [1.165, 1.54) is 6.92 Å². The normalized spacial score (nSPS) is 25.6. The van der Waals surface area contributed by atoms with E-state index in [-0.39, 0.29) is 5.92 Å². The van der Waals surface area contributed by atoms with Gasteiger partial charge in [0.15, 0.2) is 5.60 Å². The van der Waals surface area contributed by atoms with Crippen LogP contribution in [0.25, 0.3) is 0 Å². The lowest BCUT2D eigenvalue weighted by Gasteiger charge is -2.26. The molecule has 0 aromatic rings. The van der Waals surface area contributed by atoms with Gasteiger partial charge in [-0.2, -0.15) is 0 Å². The molecule has 1 aliphatic rings. The molecule has 0 saturated carbocycles. The molecule has 0 amide bonds. The molecular formula is C10H16O3. The van der Waals surface area contributed by atoms with Crippen LogP contribution in [0.5, 0.6) is 0 Å². The van der Waals surface area contributed by atoms with Gasteiger partial charge in [0, 0.05) is 5.92 Å². The minimum absolute atomic E-state index is 0.0912. The number of esters is 1. The molecule has 2 unspecified atom stereocenters. The topological polar surface area (TPSA) is 46.5 Å². The average molecular weight is 184 g/mol. The van der Waals surface area contributed by atoms with Crippen molar-refractivity contribution in [2.24, 2.45) is 5.92 Å². The maximum Gasteiger partial charge on any atom is 0.338 e. The second kappa shape index (κ2) is 3.92. The lowest BCUT2D eigenvalue weighted by Crippen LogP contribution is -2.42. The summed E-state index contributed by atoms with van der Waals surface area (Å²) >= 11 is 0. The third kappa shape index (κ3) is 2.10. The lowest BCUT2D eigenvalue weighted by atomic mass is 9.89. The molecular weight excluding hydrogens is 168 g/mol. The predicted octanol–water partition coefficient (Wildman–Crippen LogP) is 1.27. The van der Waals surface area contributed by atoms with Crippen molar-refractivity contribution in [1.29, 1.82) is 0 Å². The first kappa shape index (κ1) is 10.3. The number of carbonyl (C=O) groups excluding carboxylic acids is 1. The van der Waals surface area contributed by atoms with Crippen molar-refractivity contribution in [3.8, 4) is 0 Å². The molecule has 0 bridgehead atoms. The summed E-state index contributed by atoms with van der Waals surface area (Å²) in [6.45, 7) is 3.56. The van der Waals surface area contributed by atoms with E-state index in [2.05, 4.69) is 0 Å². The van der Waals surface area contributed by atoms with Crippen LogP contribution in [0.15, 0.2) is 12.2 Å². The minimum Gasteiger partial charge on any atom is -0.464 e. The Balaban J connectivity index is 2.63. The van der Waals surface area contributed by atoms with E-state index in [0.29, 0.717) is 6.61 Å². The van der Waals surface area contributed by atoms with Crippen LogP contribution < -0.4 is 0 Å². The SMILES string of the molecule is CCOC(=O)C(C)(O)C1C=CCC1. The van der Waals surface area contributed by atoms with Gasteiger partial charge in [0.05, 0.1) is 6.61 Å². The van der Waals surface area contributed by atoms with Gasteiger partial charge in [0.2, 0.25) is 0 Å². The van der Waals surface area contributed by atoms with Crippen LogP contribution in [0.1, 0.15) is 26.7 Å². The van der Waals surface area contributed by atoms with E-state index < -0.39 is 11.6 Å². The fourth-order valence-corrected chi connectivity index (χ4v) is 1.53. The standard InChI is InChI=1S/C10H16O3/c1-3-13-9(11)10(2,12)8-6-4-5-7-8/h4,6,8,12H,3,5,7H2,1-2H3. The highest BCUT2D eigenvalue weighted by atomic mass is 16.5. The molecule has 0 fully saturated rings. The van der Waals surface area contributed by atoms with E-state index in [4.69, 9.17) is 4.74 Å². The van der Waals surface area contributed by atoms with Crippen molar-refractivity contribution in [2.75, 3.05) is 6.61 Å². The number of allylic oxidation sites excluding steroid dienone is 1. The maximum atomic E-state index is 11.3. The Morgan fingerprint density at radius 1 is 1.77 bits per heavy atom. The second-order valence-corrected chi connectivity index (χ2v) is 3.48. The first-order valence-corrected chi connectivity index (χ1v) is 4.65. The van der Waals surface area contributed by atoms with Gasteiger partial charge in [-0.25, -0.2) is 4.79 Å². The van der Waals surface area contributed by atoms with Crippen LogP contribution in [0, 0.1) is 5.92 Å². The Kier molecular flexibility index (Phi) is 3.09. The van der Waals surface area contributed by atoms with Crippen LogP contribution in [0.3, 0.4) is 0 Å². The van der Waals surface area contributed by atoms with E-state index >= 15 is 0 Å². The summed E-state index contributed by atoms with van der Waals surface area (Å²) in [5.74, 6) is -0.613. The molecule has 0 aromatic heterocycles. The van der Waals surface area contributed by atoms with Gasteiger partial charge in [-0.05, 0) is 26.7 Å². The summed E-state index contributed by atoms with van der Waals surface area (Å²) in [4.78, 5) is 11.3. The molecule has 3 heteroatoms. The van der Waals surface area contributed by atoms with E-state index in [9.17, 15) is 9.90 Å². The highest BCUT2D eigenvalue weighted by molar-refractivity contribution is 5.79. The van der Waals surface area contributed by atoms with Crippen LogP contribution in [0.4, 0.5) is 0 Å². The quantitative estimate of drug-likeness (QED) is 0.530. The fraction of sp³-hybridized carbons (Fsp3) is 0.700. The van der Waals surface area contributed by atoms with Gasteiger partial charge in [-0.15, -0.1) is 0 Å². The molecule has 0 saturated heterocycles. The molecule has 74 valence electrons. The fourth-order valence-electron chi connectivity index (χ4n) is 1.53. The zero-order valence-corrected chi connectivity index (χ0v) is 8.12. The Morgan fingerprint density at radius 3 is 2.92 bits per heavy atom. The molecule has 0 radical (unpaired) electrons. The van der Waals surface area contributed by atoms with Gasteiger partial charge in [0.1, 0.15) is 0 Å². The van der Waals surface area contributed by atoms with Crippen molar-refractivity contribution >= 4 is 5.97 Å². The van der Waals surface area contributed by atoms with Gasteiger partial charge in [-0.3, -0.25) is 0 Å². The van der Waals surface area contributed by atoms with Crippen LogP contribution in [-0.4, -0.2) is 23.3 Å². The highest BCUT2D eigenvalue weighted by Gasteiger charge is 2.39. The molecule has 13 heavy (non-hydrogen) atoms. The van der Waals surface area contributed by atoms with Crippen molar-refractivity contribution < 1.29 is 14.6 Å². The van der Waals surface area contributed by atoms with Crippen molar-refractivity contribution in [3.05, 3.63) is 12.2 Å². The summed E-state index contributed by atoms with van der Waals surface area (Å²) in [6.07, 6.45) is 5.63. The lowest BCUT2D eigenvalue weighted by molar-refractivity contribution is -0.167. The summed E-state index contributed by atoms with van der Waals surface area (Å²) in [5, 5.41) is 9.89. The molecule has 0 aliphatic heterocycles. The van der Waals surface area contributed by atoms with Crippen molar-refractivity contribution in [1.82, 2.24) is 0 Å². The molecule has 2 atom stereocenters. The average Bonchev–Trinajstić information content (AvgIpc) is 2.56. The Morgan fingerprint density at radius 2 is 2.46 bits per heavy atom. The van der Waals surface area contributed by atoms with Crippen LogP contribution in [-0.2, 0) is 9.53 Å². The number of carbonyl (C=O) groups is 1. The van der Waals surface area contributed by atoms with E-state index in [0.717, 1.165) is 12.8 Å². The molecule has 1 aliphatic carbocycles. The van der Waals surface area contributed by atoms with Crippen LogP contribution >= 0.6 is 0 Å². The summed E-state index contributed by atoms with van der Waals surface area (Å²) in [7, 11) is 0. The largest absolute Gasteiger partial charge is 0.464 e. The molecule has 0 spiro atoms. The van der Waals surface area contributed by atoms with E-state index in [1.807, 2.05) is 12.2 Å². The van der Waals surface area contributed by atoms with Crippen molar-refractivity contribution in [3.63, 3.8) is 0 Å². The van der Waals surface area contributed by atoms with E-state index in [1.54, 1.807) is 6.92 Å². The Labute approximate surface area is 78.4 Å². The van der Waals surface area contributed by atoms with Gasteiger partial charge in [0.25, 0.3) is 0 Å². The first-order chi connectivity index (χ1) is 6.09. The molecule has 1 N–H and O–H groups in total. The zero-order valence-electron chi connectivity index (χ0n) is 8.12. The monoisotopic (exact) mass is 184 g/mol. The van der Waals surface area contributed by atoms with Crippen LogP contribution in [0.2, 0.25) is 0 Å². The number of hydrogen-bond acceptors (Lipinski definition) is 3. The summed E-state index contributed by atoms with van der Waals surface area (Å²) in [5.41, 5.74) is -1.36. The number of ether oxygens (including phenoxy) is 1. The molecule has 0 heterocycles. The first-order valence-electron chi connectivity index (χ1n) is 4.65. The third-order valence-corrected chi connectivity index (χ3v) is 2.42. The predicted molar refractivity (Wildman–Crippen MR) is 49.1 cm³/mol. The smallest absolute Gasteiger partial charge is 0.338 e. The Hall–Kier alpha value is -0.830. The third-order valence-electron chi connectivity index (χ3n) is 2.42. The number of rotatable bonds is 3. The minimum atomic E-state index is -1.36. The van der Waals surface area contributed by atoms with Gasteiger partial charge < -0.3 is 9.84 Å². The van der Waals surface area contributed by atoms with Gasteiger partial charge >= 0.3 is 5.97 Å². The molecule has 1 rings (SSSR count). The maximum absolute atomic E-state index is 11.3. The van der Waals surface area contributed by atoms with Crippen molar-refractivity contribution in [2.45, 2.75) is 32.3 Å². The highest BCUT2D eigenvalue weighted by Crippen LogP contribution is 2.29. The number of aliphatic hydroxyl groups is 1. The molecule has 3 nitrogen and oxygen atoms in total. The number of hydrogen-bond donors (Lipinski definition) is 1. The van der Waals surface area contributed by atoms with Gasteiger partial charge in [-0.1, -0.05) is 12.2 Å². The second-order valence-electron chi connectivity index (χ2n) is 3.48. The Bertz CT molecular complexity index is 218. The zero-order chi connectivity index (χ0) is 9.90. The summed E-state index contributed by atoms with van der Waals surface area (Å²) < 4.78 is 4.80. The summed E-state index contributed by atoms with van der Waals surface area (Å²) in [6, 6.07) is 0.